The fourth-order valence-corrected chi connectivity index (χ4v) is 3.97. The zero-order valence-electron chi connectivity index (χ0n) is 15.5. The second-order valence-electron chi connectivity index (χ2n) is 7.10. The van der Waals surface area contributed by atoms with E-state index in [0.717, 1.165) is 23.2 Å². The fraction of sp³-hybridized carbons (Fsp3) is 0.381. The molecule has 0 spiro atoms. The number of carbonyl (C=O) groups is 1. The van der Waals surface area contributed by atoms with E-state index < -0.39 is 6.04 Å². The lowest BCUT2D eigenvalue weighted by atomic mass is 9.92. The molecule has 1 unspecified atom stereocenters. The SMILES string of the molecule is COc1cc(C)c(C[C@@H](N)C(=O)N2CC(C)Cc3ccccc32)c(Cl)c1. The average Bonchev–Trinajstić information content (AvgIpc) is 2.62. The highest BCUT2D eigenvalue weighted by molar-refractivity contribution is 6.31. The van der Waals surface area contributed by atoms with E-state index in [4.69, 9.17) is 22.1 Å². The van der Waals surface area contributed by atoms with Crippen molar-refractivity contribution in [3.05, 3.63) is 58.1 Å². The lowest BCUT2D eigenvalue weighted by Crippen LogP contribution is -2.48. The Labute approximate surface area is 159 Å². The molecule has 0 radical (unpaired) electrons. The molecule has 2 atom stereocenters. The molecular weight excluding hydrogens is 348 g/mol. The van der Waals surface area contributed by atoms with Gasteiger partial charge in [0.1, 0.15) is 5.75 Å². The lowest BCUT2D eigenvalue weighted by molar-refractivity contribution is -0.120. The van der Waals surface area contributed by atoms with Gasteiger partial charge in [-0.1, -0.05) is 36.7 Å². The number of aryl methyl sites for hydroxylation is 1. The smallest absolute Gasteiger partial charge is 0.244 e. The van der Waals surface area contributed by atoms with Gasteiger partial charge in [-0.3, -0.25) is 4.79 Å². The number of fused-ring (bicyclic) bond motifs is 1. The van der Waals surface area contributed by atoms with Gasteiger partial charge in [0.15, 0.2) is 0 Å². The van der Waals surface area contributed by atoms with Crippen LogP contribution in [-0.2, 0) is 17.6 Å². The summed E-state index contributed by atoms with van der Waals surface area (Å²) >= 11 is 6.39. The largest absolute Gasteiger partial charge is 0.497 e. The van der Waals surface area contributed by atoms with Crippen molar-refractivity contribution in [1.82, 2.24) is 0 Å². The Morgan fingerprint density at radius 3 is 2.81 bits per heavy atom. The van der Waals surface area contributed by atoms with Gasteiger partial charge in [-0.25, -0.2) is 0 Å². The van der Waals surface area contributed by atoms with E-state index in [2.05, 4.69) is 13.0 Å². The van der Waals surface area contributed by atoms with E-state index in [1.165, 1.54) is 5.56 Å². The van der Waals surface area contributed by atoms with Crippen LogP contribution in [0.5, 0.6) is 5.75 Å². The topological polar surface area (TPSA) is 55.6 Å². The molecule has 2 N–H and O–H groups in total. The summed E-state index contributed by atoms with van der Waals surface area (Å²) in [6, 6.07) is 11.1. The van der Waals surface area contributed by atoms with E-state index in [1.54, 1.807) is 13.2 Å². The molecule has 2 aromatic carbocycles. The Morgan fingerprint density at radius 2 is 2.12 bits per heavy atom. The van der Waals surface area contributed by atoms with Crippen molar-refractivity contribution in [3.63, 3.8) is 0 Å². The number of para-hydroxylation sites is 1. The normalized spacial score (nSPS) is 17.6. The maximum atomic E-state index is 13.1. The van der Waals surface area contributed by atoms with Gasteiger partial charge in [0, 0.05) is 17.3 Å². The van der Waals surface area contributed by atoms with Crippen LogP contribution in [0.1, 0.15) is 23.6 Å². The zero-order chi connectivity index (χ0) is 18.8. The predicted octanol–water partition coefficient (Wildman–Crippen LogP) is 3.75. The van der Waals surface area contributed by atoms with Crippen LogP contribution in [-0.4, -0.2) is 25.6 Å². The van der Waals surface area contributed by atoms with Crippen LogP contribution in [0.15, 0.2) is 36.4 Å². The van der Waals surface area contributed by atoms with Gasteiger partial charge < -0.3 is 15.4 Å². The fourth-order valence-electron chi connectivity index (χ4n) is 3.63. The molecule has 1 aliphatic heterocycles. The predicted molar refractivity (Wildman–Crippen MR) is 106 cm³/mol. The minimum absolute atomic E-state index is 0.0599. The number of rotatable bonds is 4. The number of amides is 1. The standard InChI is InChI=1S/C21H25ClN2O2/c1-13-8-15-6-4-5-7-20(15)24(12-13)21(25)19(23)11-17-14(2)9-16(26-3)10-18(17)22/h4-7,9-10,13,19H,8,11-12,23H2,1-3H3/t13?,19-/m1/s1. The van der Waals surface area contributed by atoms with Crippen LogP contribution in [0.3, 0.4) is 0 Å². The van der Waals surface area contributed by atoms with Crippen LogP contribution in [0.25, 0.3) is 0 Å². The third-order valence-corrected chi connectivity index (χ3v) is 5.32. The highest BCUT2D eigenvalue weighted by atomic mass is 35.5. The first-order chi connectivity index (χ1) is 12.4. The van der Waals surface area contributed by atoms with Gasteiger partial charge in [-0.2, -0.15) is 0 Å². The van der Waals surface area contributed by atoms with Crippen LogP contribution < -0.4 is 15.4 Å². The molecule has 1 aliphatic rings. The Balaban J connectivity index is 1.83. The number of hydrogen-bond acceptors (Lipinski definition) is 3. The van der Waals surface area contributed by atoms with E-state index in [0.29, 0.717) is 29.7 Å². The third-order valence-electron chi connectivity index (χ3n) is 4.98. The summed E-state index contributed by atoms with van der Waals surface area (Å²) < 4.78 is 5.24. The number of benzene rings is 2. The molecule has 1 heterocycles. The second-order valence-corrected chi connectivity index (χ2v) is 7.51. The Hall–Kier alpha value is -2.04. The minimum atomic E-state index is -0.641. The van der Waals surface area contributed by atoms with Gasteiger partial charge >= 0.3 is 0 Å². The maximum absolute atomic E-state index is 13.1. The quantitative estimate of drug-likeness (QED) is 0.889. The second kappa shape index (κ2) is 7.68. The number of methoxy groups -OCH3 is 1. The number of nitrogens with zero attached hydrogens (tertiary/aromatic N) is 1. The summed E-state index contributed by atoms with van der Waals surface area (Å²) in [5.74, 6) is 1.05. The molecule has 138 valence electrons. The van der Waals surface area contributed by atoms with Crippen molar-refractivity contribution in [2.75, 3.05) is 18.6 Å². The molecule has 0 aromatic heterocycles. The molecule has 26 heavy (non-hydrogen) atoms. The highest BCUT2D eigenvalue weighted by Crippen LogP contribution is 2.31. The number of halogens is 1. The van der Waals surface area contributed by atoms with E-state index >= 15 is 0 Å². The van der Waals surface area contributed by atoms with Crippen molar-refractivity contribution in [3.8, 4) is 5.75 Å². The van der Waals surface area contributed by atoms with Crippen LogP contribution in [0.2, 0.25) is 5.02 Å². The molecule has 1 amide bonds. The van der Waals surface area contributed by atoms with Crippen molar-refractivity contribution >= 4 is 23.2 Å². The molecular formula is C21H25ClN2O2. The van der Waals surface area contributed by atoms with Crippen molar-refractivity contribution in [2.45, 2.75) is 32.7 Å². The van der Waals surface area contributed by atoms with Gasteiger partial charge in [0.05, 0.1) is 13.2 Å². The van der Waals surface area contributed by atoms with Crippen molar-refractivity contribution in [1.29, 1.82) is 0 Å². The Morgan fingerprint density at radius 1 is 1.38 bits per heavy atom. The molecule has 0 saturated heterocycles. The van der Waals surface area contributed by atoms with Gasteiger partial charge in [-0.05, 0) is 60.6 Å². The average molecular weight is 373 g/mol. The van der Waals surface area contributed by atoms with Gasteiger partial charge in [0.2, 0.25) is 5.91 Å². The molecule has 0 saturated carbocycles. The first-order valence-electron chi connectivity index (χ1n) is 8.88. The summed E-state index contributed by atoms with van der Waals surface area (Å²) in [6.45, 7) is 4.81. The van der Waals surface area contributed by atoms with Crippen LogP contribution in [0, 0.1) is 12.8 Å². The molecule has 2 aromatic rings. The Bertz CT molecular complexity index is 798. The van der Waals surface area contributed by atoms with E-state index in [1.807, 2.05) is 36.1 Å². The van der Waals surface area contributed by atoms with Crippen molar-refractivity contribution in [2.24, 2.45) is 11.7 Å². The lowest BCUT2D eigenvalue weighted by Gasteiger charge is -2.34. The molecule has 4 nitrogen and oxygen atoms in total. The van der Waals surface area contributed by atoms with Crippen LogP contribution >= 0.6 is 11.6 Å². The number of carbonyl (C=O) groups excluding carboxylic acids is 1. The summed E-state index contributed by atoms with van der Waals surface area (Å²) in [7, 11) is 1.61. The minimum Gasteiger partial charge on any atom is -0.497 e. The maximum Gasteiger partial charge on any atom is 0.244 e. The molecule has 0 aliphatic carbocycles. The summed E-state index contributed by atoms with van der Waals surface area (Å²) in [6.07, 6.45) is 1.39. The zero-order valence-corrected chi connectivity index (χ0v) is 16.2. The monoisotopic (exact) mass is 372 g/mol. The van der Waals surface area contributed by atoms with Crippen LogP contribution in [0.4, 0.5) is 5.69 Å². The molecule has 0 bridgehead atoms. The highest BCUT2D eigenvalue weighted by Gasteiger charge is 2.30. The molecule has 5 heteroatoms. The third kappa shape index (κ3) is 3.71. The van der Waals surface area contributed by atoms with E-state index in [-0.39, 0.29) is 5.91 Å². The number of hydrogen-bond donors (Lipinski definition) is 1. The first-order valence-corrected chi connectivity index (χ1v) is 9.26. The summed E-state index contributed by atoms with van der Waals surface area (Å²) in [5, 5.41) is 0.581. The first kappa shape index (κ1) is 18.7. The number of anilines is 1. The summed E-state index contributed by atoms with van der Waals surface area (Å²) in [4.78, 5) is 14.9. The number of nitrogens with two attached hydrogens (primary N) is 1. The molecule has 0 fully saturated rings. The van der Waals surface area contributed by atoms with Gasteiger partial charge in [0.25, 0.3) is 0 Å². The Kier molecular flexibility index (Phi) is 5.54. The molecule has 3 rings (SSSR count). The van der Waals surface area contributed by atoms with E-state index in [9.17, 15) is 4.79 Å². The summed E-state index contributed by atoms with van der Waals surface area (Å²) in [5.41, 5.74) is 10.4. The van der Waals surface area contributed by atoms with Gasteiger partial charge in [-0.15, -0.1) is 0 Å². The number of ether oxygens (including phenoxy) is 1. The van der Waals surface area contributed by atoms with Crippen molar-refractivity contribution < 1.29 is 9.53 Å².